The number of nitrogens with two attached hydrogens (primary N) is 2. The molecular formula is C14H16F2N4. The van der Waals surface area contributed by atoms with Gasteiger partial charge in [0.05, 0.1) is 0 Å². The zero-order valence-electron chi connectivity index (χ0n) is 10.9. The third-order valence-corrected chi connectivity index (χ3v) is 3.88. The van der Waals surface area contributed by atoms with Gasteiger partial charge in [-0.1, -0.05) is 12.8 Å². The Kier molecular flexibility index (Phi) is 3.08. The minimum absolute atomic E-state index is 0.173. The van der Waals surface area contributed by atoms with Gasteiger partial charge in [-0.05, 0) is 25.0 Å². The Bertz CT molecular complexity index is 645. The predicted molar refractivity (Wildman–Crippen MR) is 73.4 cm³/mol. The molecule has 0 unspecified atom stereocenters. The molecule has 0 spiro atoms. The summed E-state index contributed by atoms with van der Waals surface area (Å²) in [6, 6.07) is 3.34. The average Bonchev–Trinajstić information content (AvgIpc) is 3.01. The van der Waals surface area contributed by atoms with Crippen molar-refractivity contribution in [2.45, 2.75) is 31.6 Å². The SMILES string of the molecule is Nc1c(-c2ccc(F)cc2F)nc(C2CCCC2)n1N. The maximum Gasteiger partial charge on any atom is 0.150 e. The minimum atomic E-state index is -0.687. The van der Waals surface area contributed by atoms with E-state index in [1.165, 1.54) is 16.8 Å². The molecule has 1 heterocycles. The van der Waals surface area contributed by atoms with Gasteiger partial charge in [0.25, 0.3) is 0 Å². The highest BCUT2D eigenvalue weighted by molar-refractivity contribution is 5.71. The fourth-order valence-corrected chi connectivity index (χ4v) is 2.81. The van der Waals surface area contributed by atoms with E-state index in [4.69, 9.17) is 11.6 Å². The molecule has 4 nitrogen and oxygen atoms in total. The van der Waals surface area contributed by atoms with E-state index < -0.39 is 11.6 Å². The summed E-state index contributed by atoms with van der Waals surface area (Å²) in [6.07, 6.45) is 4.30. The molecule has 1 aromatic heterocycles. The number of nitrogens with zero attached hydrogens (tertiary/aromatic N) is 2. The van der Waals surface area contributed by atoms with E-state index in [2.05, 4.69) is 4.98 Å². The highest BCUT2D eigenvalue weighted by Gasteiger charge is 2.25. The zero-order chi connectivity index (χ0) is 14.3. The standard InChI is InChI=1S/C14H16F2N4/c15-9-5-6-10(11(16)7-9)12-13(17)20(18)14(19-12)8-3-1-2-4-8/h5-8H,1-4,17-18H2. The molecular weight excluding hydrogens is 262 g/mol. The van der Waals surface area contributed by atoms with Crippen molar-refractivity contribution in [2.24, 2.45) is 0 Å². The summed E-state index contributed by atoms with van der Waals surface area (Å²) in [5, 5.41) is 0. The highest BCUT2D eigenvalue weighted by atomic mass is 19.1. The van der Waals surface area contributed by atoms with Gasteiger partial charge in [0.15, 0.2) is 5.82 Å². The lowest BCUT2D eigenvalue weighted by molar-refractivity contribution is 0.585. The molecule has 1 saturated carbocycles. The van der Waals surface area contributed by atoms with Gasteiger partial charge >= 0.3 is 0 Å². The van der Waals surface area contributed by atoms with Crippen LogP contribution in [0.1, 0.15) is 37.4 Å². The minimum Gasteiger partial charge on any atom is -0.382 e. The predicted octanol–water partition coefficient (Wildman–Crippen LogP) is 2.78. The summed E-state index contributed by atoms with van der Waals surface area (Å²) in [5.74, 6) is 5.76. The molecule has 0 amide bonds. The van der Waals surface area contributed by atoms with Gasteiger partial charge in [-0.3, -0.25) is 0 Å². The first kappa shape index (κ1) is 12.9. The Hall–Kier alpha value is -2.11. The maximum atomic E-state index is 13.8. The number of halogens is 2. The van der Waals surface area contributed by atoms with Crippen molar-refractivity contribution >= 4 is 5.82 Å². The third kappa shape index (κ3) is 2.01. The van der Waals surface area contributed by atoms with Crippen LogP contribution in [0.4, 0.5) is 14.6 Å². The van der Waals surface area contributed by atoms with Crippen molar-refractivity contribution < 1.29 is 8.78 Å². The maximum absolute atomic E-state index is 13.8. The van der Waals surface area contributed by atoms with Gasteiger partial charge in [-0.15, -0.1) is 0 Å². The summed E-state index contributed by atoms with van der Waals surface area (Å²) in [5.41, 5.74) is 6.38. The van der Waals surface area contributed by atoms with E-state index in [-0.39, 0.29) is 23.0 Å². The molecule has 1 fully saturated rings. The van der Waals surface area contributed by atoms with Crippen molar-refractivity contribution in [1.82, 2.24) is 9.66 Å². The molecule has 1 aromatic carbocycles. The molecule has 0 saturated heterocycles. The summed E-state index contributed by atoms with van der Waals surface area (Å²) in [6.45, 7) is 0. The summed E-state index contributed by atoms with van der Waals surface area (Å²) < 4.78 is 28.1. The lowest BCUT2D eigenvalue weighted by Gasteiger charge is -2.08. The van der Waals surface area contributed by atoms with Gasteiger partial charge < -0.3 is 11.6 Å². The van der Waals surface area contributed by atoms with Gasteiger partial charge in [0.1, 0.15) is 23.2 Å². The largest absolute Gasteiger partial charge is 0.382 e. The quantitative estimate of drug-likeness (QED) is 0.830. The lowest BCUT2D eigenvalue weighted by Crippen LogP contribution is -2.17. The Morgan fingerprint density at radius 2 is 1.90 bits per heavy atom. The van der Waals surface area contributed by atoms with E-state index in [9.17, 15) is 8.78 Å². The number of hydrogen-bond acceptors (Lipinski definition) is 3. The van der Waals surface area contributed by atoms with E-state index in [1.807, 2.05) is 0 Å². The van der Waals surface area contributed by atoms with Crippen LogP contribution < -0.4 is 11.6 Å². The van der Waals surface area contributed by atoms with Gasteiger partial charge in [0.2, 0.25) is 0 Å². The normalized spacial score (nSPS) is 15.9. The molecule has 0 atom stereocenters. The van der Waals surface area contributed by atoms with Crippen molar-refractivity contribution in [1.29, 1.82) is 0 Å². The Morgan fingerprint density at radius 1 is 1.20 bits per heavy atom. The summed E-state index contributed by atoms with van der Waals surface area (Å²) in [7, 11) is 0. The summed E-state index contributed by atoms with van der Waals surface area (Å²) in [4.78, 5) is 4.40. The molecule has 0 radical (unpaired) electrons. The third-order valence-electron chi connectivity index (χ3n) is 3.88. The molecule has 1 aliphatic carbocycles. The number of rotatable bonds is 2. The van der Waals surface area contributed by atoms with Crippen molar-refractivity contribution in [3.63, 3.8) is 0 Å². The topological polar surface area (TPSA) is 69.9 Å². The van der Waals surface area contributed by atoms with E-state index >= 15 is 0 Å². The molecule has 2 aromatic rings. The smallest absolute Gasteiger partial charge is 0.150 e. The van der Waals surface area contributed by atoms with Crippen LogP contribution in [0.2, 0.25) is 0 Å². The van der Waals surface area contributed by atoms with Crippen LogP contribution in [0.25, 0.3) is 11.3 Å². The number of anilines is 1. The van der Waals surface area contributed by atoms with E-state index in [0.29, 0.717) is 5.82 Å². The second kappa shape index (κ2) is 4.77. The Morgan fingerprint density at radius 3 is 2.55 bits per heavy atom. The first-order valence-electron chi connectivity index (χ1n) is 6.66. The van der Waals surface area contributed by atoms with Gasteiger partial charge in [0, 0.05) is 17.5 Å². The zero-order valence-corrected chi connectivity index (χ0v) is 10.9. The van der Waals surface area contributed by atoms with Crippen LogP contribution in [0.15, 0.2) is 18.2 Å². The lowest BCUT2D eigenvalue weighted by atomic mass is 10.1. The first-order chi connectivity index (χ1) is 9.58. The average molecular weight is 278 g/mol. The van der Waals surface area contributed by atoms with E-state index in [1.54, 1.807) is 0 Å². The fourth-order valence-electron chi connectivity index (χ4n) is 2.81. The fraction of sp³-hybridized carbons (Fsp3) is 0.357. The molecule has 6 heteroatoms. The van der Waals surface area contributed by atoms with Crippen LogP contribution in [-0.4, -0.2) is 9.66 Å². The number of nitrogen functional groups attached to an aromatic ring is 2. The monoisotopic (exact) mass is 278 g/mol. The Balaban J connectivity index is 2.07. The number of imidazole rings is 1. The van der Waals surface area contributed by atoms with Crippen LogP contribution in [0.3, 0.4) is 0 Å². The van der Waals surface area contributed by atoms with Crippen LogP contribution in [0, 0.1) is 11.6 Å². The number of benzene rings is 1. The molecule has 106 valence electrons. The van der Waals surface area contributed by atoms with Crippen LogP contribution in [-0.2, 0) is 0 Å². The molecule has 4 N–H and O–H groups in total. The van der Waals surface area contributed by atoms with Crippen molar-refractivity contribution in [2.75, 3.05) is 11.6 Å². The van der Waals surface area contributed by atoms with Crippen molar-refractivity contribution in [3.05, 3.63) is 35.7 Å². The van der Waals surface area contributed by atoms with Gasteiger partial charge in [-0.2, -0.15) is 0 Å². The second-order valence-electron chi connectivity index (χ2n) is 5.18. The van der Waals surface area contributed by atoms with Crippen LogP contribution >= 0.6 is 0 Å². The molecule has 20 heavy (non-hydrogen) atoms. The number of hydrogen-bond donors (Lipinski definition) is 2. The molecule has 0 bridgehead atoms. The number of aromatic nitrogens is 2. The Labute approximate surface area is 115 Å². The summed E-state index contributed by atoms with van der Waals surface area (Å²) >= 11 is 0. The van der Waals surface area contributed by atoms with Crippen molar-refractivity contribution in [3.8, 4) is 11.3 Å². The molecule has 0 aliphatic heterocycles. The van der Waals surface area contributed by atoms with E-state index in [0.717, 1.165) is 31.7 Å². The first-order valence-corrected chi connectivity index (χ1v) is 6.66. The second-order valence-corrected chi connectivity index (χ2v) is 5.18. The van der Waals surface area contributed by atoms with Crippen LogP contribution in [0.5, 0.6) is 0 Å². The van der Waals surface area contributed by atoms with Gasteiger partial charge in [-0.25, -0.2) is 18.4 Å². The highest BCUT2D eigenvalue weighted by Crippen LogP contribution is 2.36. The molecule has 1 aliphatic rings. The molecule has 3 rings (SSSR count).